The second-order valence-corrected chi connectivity index (χ2v) is 6.23. The Bertz CT molecular complexity index is 955. The molecule has 0 fully saturated rings. The molecular formula is C21H25N5O3. The second-order valence-electron chi connectivity index (χ2n) is 6.23. The summed E-state index contributed by atoms with van der Waals surface area (Å²) in [6, 6.07) is 11.8. The number of benzene rings is 2. The smallest absolute Gasteiger partial charge is 0.234 e. The molecule has 0 saturated heterocycles. The van der Waals surface area contributed by atoms with Crippen molar-refractivity contribution >= 4 is 23.3 Å². The van der Waals surface area contributed by atoms with Gasteiger partial charge in [0.1, 0.15) is 6.33 Å². The molecule has 1 aromatic heterocycles. The Morgan fingerprint density at radius 2 is 1.69 bits per heavy atom. The first kappa shape index (κ1) is 20.2. The number of hydrogen-bond donors (Lipinski definition) is 1. The normalized spacial score (nSPS) is 10.4. The van der Waals surface area contributed by atoms with Crippen molar-refractivity contribution in [3.8, 4) is 17.2 Å². The number of nitrogens with one attached hydrogen (secondary N) is 1. The van der Waals surface area contributed by atoms with Crippen LogP contribution in [-0.4, -0.2) is 42.8 Å². The molecule has 0 amide bonds. The highest BCUT2D eigenvalue weighted by Gasteiger charge is 2.15. The molecule has 0 saturated carbocycles. The first-order chi connectivity index (χ1) is 14.1. The minimum Gasteiger partial charge on any atom is -0.493 e. The largest absolute Gasteiger partial charge is 0.493 e. The van der Waals surface area contributed by atoms with Gasteiger partial charge in [0.2, 0.25) is 17.6 Å². The summed E-state index contributed by atoms with van der Waals surface area (Å²) in [6.45, 7) is 4.83. The first-order valence-electron chi connectivity index (χ1n) is 9.19. The Kier molecular flexibility index (Phi) is 6.33. The van der Waals surface area contributed by atoms with Crippen molar-refractivity contribution in [3.05, 3.63) is 48.3 Å². The summed E-state index contributed by atoms with van der Waals surface area (Å²) in [7, 11) is 4.71. The minimum atomic E-state index is 0.412. The lowest BCUT2D eigenvalue weighted by Gasteiger charge is -2.21. The third-order valence-corrected chi connectivity index (χ3v) is 4.35. The van der Waals surface area contributed by atoms with Gasteiger partial charge in [0.05, 0.1) is 21.3 Å². The van der Waals surface area contributed by atoms with Crippen LogP contribution in [0.5, 0.6) is 17.2 Å². The Balaban J connectivity index is 1.92. The maximum atomic E-state index is 5.40. The van der Waals surface area contributed by atoms with E-state index in [4.69, 9.17) is 14.2 Å². The molecule has 8 heteroatoms. The molecule has 3 rings (SSSR count). The summed E-state index contributed by atoms with van der Waals surface area (Å²) < 4.78 is 16.2. The third-order valence-electron chi connectivity index (χ3n) is 4.35. The monoisotopic (exact) mass is 395 g/mol. The number of ether oxygens (including phenoxy) is 3. The maximum Gasteiger partial charge on any atom is 0.234 e. The highest BCUT2D eigenvalue weighted by molar-refractivity contribution is 5.66. The van der Waals surface area contributed by atoms with E-state index in [9.17, 15) is 0 Å². The SMILES string of the molecule is CCN(c1cccc(C)c1)c1ncnc(Nc2cc(OC)c(OC)c(OC)c2)n1. The molecule has 0 bridgehead atoms. The molecule has 2 aromatic carbocycles. The lowest BCUT2D eigenvalue weighted by Crippen LogP contribution is -2.19. The van der Waals surface area contributed by atoms with Gasteiger partial charge in [-0.15, -0.1) is 0 Å². The lowest BCUT2D eigenvalue weighted by atomic mass is 10.2. The molecule has 1 N–H and O–H groups in total. The average molecular weight is 395 g/mol. The van der Waals surface area contributed by atoms with Crippen molar-refractivity contribution in [2.45, 2.75) is 13.8 Å². The van der Waals surface area contributed by atoms with Crippen molar-refractivity contribution < 1.29 is 14.2 Å². The number of aryl methyl sites for hydroxylation is 1. The van der Waals surface area contributed by atoms with Gasteiger partial charge < -0.3 is 24.4 Å². The van der Waals surface area contributed by atoms with Gasteiger partial charge >= 0.3 is 0 Å². The molecule has 3 aromatic rings. The highest BCUT2D eigenvalue weighted by atomic mass is 16.5. The van der Waals surface area contributed by atoms with E-state index in [0.717, 1.165) is 12.2 Å². The summed E-state index contributed by atoms with van der Waals surface area (Å²) in [5.74, 6) is 2.57. The van der Waals surface area contributed by atoms with Gasteiger partial charge in [-0.3, -0.25) is 0 Å². The molecule has 152 valence electrons. The van der Waals surface area contributed by atoms with Gasteiger partial charge in [0.15, 0.2) is 11.5 Å². The van der Waals surface area contributed by atoms with Gasteiger partial charge in [0.25, 0.3) is 0 Å². The standard InChI is InChI=1S/C21H25N5O3/c1-6-26(16-9-7-8-14(2)10-16)21-23-13-22-20(25-21)24-15-11-17(27-3)19(29-5)18(12-15)28-4/h7-13H,6H2,1-5H3,(H,22,23,24,25). The number of nitrogens with zero attached hydrogens (tertiary/aromatic N) is 4. The minimum absolute atomic E-state index is 0.412. The summed E-state index contributed by atoms with van der Waals surface area (Å²) in [5, 5.41) is 3.18. The Morgan fingerprint density at radius 1 is 0.966 bits per heavy atom. The summed E-state index contributed by atoms with van der Waals surface area (Å²) >= 11 is 0. The third kappa shape index (κ3) is 4.48. The van der Waals surface area contributed by atoms with E-state index in [1.54, 1.807) is 33.5 Å². The van der Waals surface area contributed by atoms with Gasteiger partial charge in [-0.25, -0.2) is 9.97 Å². The number of methoxy groups -OCH3 is 3. The fourth-order valence-corrected chi connectivity index (χ4v) is 3.00. The molecule has 8 nitrogen and oxygen atoms in total. The maximum absolute atomic E-state index is 5.40. The molecule has 0 unspecified atom stereocenters. The van der Waals surface area contributed by atoms with Crippen molar-refractivity contribution in [3.63, 3.8) is 0 Å². The quantitative estimate of drug-likeness (QED) is 0.610. The van der Waals surface area contributed by atoms with Crippen LogP contribution in [0.1, 0.15) is 12.5 Å². The zero-order chi connectivity index (χ0) is 20.8. The van der Waals surface area contributed by atoms with Crippen LogP contribution in [0.4, 0.5) is 23.3 Å². The van der Waals surface area contributed by atoms with Crippen LogP contribution < -0.4 is 24.4 Å². The van der Waals surface area contributed by atoms with Crippen molar-refractivity contribution in [1.82, 2.24) is 15.0 Å². The Labute approximate surface area is 170 Å². The van der Waals surface area contributed by atoms with E-state index in [1.165, 1.54) is 11.9 Å². The number of aromatic nitrogens is 3. The highest BCUT2D eigenvalue weighted by Crippen LogP contribution is 2.40. The fraction of sp³-hybridized carbons (Fsp3) is 0.286. The fourth-order valence-electron chi connectivity index (χ4n) is 3.00. The Hall–Kier alpha value is -3.55. The molecule has 0 aliphatic heterocycles. The molecule has 29 heavy (non-hydrogen) atoms. The molecule has 0 aliphatic rings. The second kappa shape index (κ2) is 9.09. The first-order valence-corrected chi connectivity index (χ1v) is 9.19. The van der Waals surface area contributed by atoms with Gasteiger partial charge in [0, 0.05) is 30.1 Å². The van der Waals surface area contributed by atoms with E-state index < -0.39 is 0 Å². The zero-order valence-corrected chi connectivity index (χ0v) is 17.3. The molecular weight excluding hydrogens is 370 g/mol. The van der Waals surface area contributed by atoms with Crippen LogP contribution in [-0.2, 0) is 0 Å². The Morgan fingerprint density at radius 3 is 2.28 bits per heavy atom. The van der Waals surface area contributed by atoms with E-state index in [0.29, 0.717) is 34.8 Å². The topological polar surface area (TPSA) is 81.6 Å². The van der Waals surface area contributed by atoms with Crippen LogP contribution >= 0.6 is 0 Å². The predicted molar refractivity (Wildman–Crippen MR) is 113 cm³/mol. The molecule has 0 spiro atoms. The van der Waals surface area contributed by atoms with Gasteiger partial charge in [-0.05, 0) is 31.5 Å². The van der Waals surface area contributed by atoms with Crippen LogP contribution in [0.15, 0.2) is 42.7 Å². The van der Waals surface area contributed by atoms with E-state index in [1.807, 2.05) is 17.0 Å². The molecule has 0 aliphatic carbocycles. The zero-order valence-electron chi connectivity index (χ0n) is 17.3. The van der Waals surface area contributed by atoms with Crippen molar-refractivity contribution in [1.29, 1.82) is 0 Å². The number of rotatable bonds is 8. The van der Waals surface area contributed by atoms with Gasteiger partial charge in [-0.2, -0.15) is 4.98 Å². The molecule has 0 radical (unpaired) electrons. The number of hydrogen-bond acceptors (Lipinski definition) is 8. The van der Waals surface area contributed by atoms with E-state index in [-0.39, 0.29) is 0 Å². The van der Waals surface area contributed by atoms with E-state index >= 15 is 0 Å². The number of anilines is 4. The van der Waals surface area contributed by atoms with Crippen LogP contribution in [0, 0.1) is 6.92 Å². The van der Waals surface area contributed by atoms with Crippen molar-refractivity contribution in [2.24, 2.45) is 0 Å². The predicted octanol–water partition coefficient (Wildman–Crippen LogP) is 4.11. The van der Waals surface area contributed by atoms with Gasteiger partial charge in [-0.1, -0.05) is 12.1 Å². The van der Waals surface area contributed by atoms with Crippen LogP contribution in [0.25, 0.3) is 0 Å². The molecule has 1 heterocycles. The van der Waals surface area contributed by atoms with Crippen molar-refractivity contribution in [2.75, 3.05) is 38.1 Å². The summed E-state index contributed by atoms with van der Waals surface area (Å²) in [4.78, 5) is 15.2. The van der Waals surface area contributed by atoms with Crippen LogP contribution in [0.3, 0.4) is 0 Å². The van der Waals surface area contributed by atoms with E-state index in [2.05, 4.69) is 46.2 Å². The molecule has 0 atom stereocenters. The summed E-state index contributed by atoms with van der Waals surface area (Å²) in [6.07, 6.45) is 1.49. The average Bonchev–Trinajstić information content (AvgIpc) is 2.74. The lowest BCUT2D eigenvalue weighted by molar-refractivity contribution is 0.324. The van der Waals surface area contributed by atoms with Crippen LogP contribution in [0.2, 0.25) is 0 Å². The summed E-state index contributed by atoms with van der Waals surface area (Å²) in [5.41, 5.74) is 2.90.